The van der Waals surface area contributed by atoms with Crippen molar-refractivity contribution < 1.29 is 19.0 Å². The van der Waals surface area contributed by atoms with Crippen LogP contribution in [0.1, 0.15) is 20.3 Å². The zero-order chi connectivity index (χ0) is 13.4. The Labute approximate surface area is 109 Å². The Hall–Kier alpha value is -0.650. The van der Waals surface area contributed by atoms with Crippen LogP contribution in [0, 0.1) is 11.3 Å². The van der Waals surface area contributed by atoms with Crippen LogP contribution in [0.2, 0.25) is 0 Å². The molecule has 1 aliphatic rings. The van der Waals surface area contributed by atoms with Gasteiger partial charge in [0.25, 0.3) is 0 Å². The quantitative estimate of drug-likeness (QED) is 0.517. The first kappa shape index (κ1) is 15.4. The third-order valence-corrected chi connectivity index (χ3v) is 3.59. The van der Waals surface area contributed by atoms with E-state index in [2.05, 4.69) is 19.2 Å². The average Bonchev–Trinajstić information content (AvgIpc) is 2.84. The van der Waals surface area contributed by atoms with Gasteiger partial charge in [0, 0.05) is 13.7 Å². The molecule has 5 nitrogen and oxygen atoms in total. The van der Waals surface area contributed by atoms with Crippen LogP contribution in [-0.2, 0) is 19.0 Å². The van der Waals surface area contributed by atoms with Gasteiger partial charge in [0.1, 0.15) is 6.61 Å². The van der Waals surface area contributed by atoms with Gasteiger partial charge in [-0.25, -0.2) is 0 Å². The minimum atomic E-state index is -0.355. The summed E-state index contributed by atoms with van der Waals surface area (Å²) in [4.78, 5) is 12.2. The number of esters is 1. The van der Waals surface area contributed by atoms with E-state index in [0.29, 0.717) is 33.0 Å². The number of hydrogen-bond donors (Lipinski definition) is 1. The van der Waals surface area contributed by atoms with Gasteiger partial charge < -0.3 is 19.5 Å². The molecule has 1 rings (SSSR count). The molecule has 0 aromatic heterocycles. The lowest BCUT2D eigenvalue weighted by Crippen LogP contribution is -2.40. The van der Waals surface area contributed by atoms with Gasteiger partial charge in [-0.1, -0.05) is 13.8 Å². The summed E-state index contributed by atoms with van der Waals surface area (Å²) in [5.74, 6) is 0.187. The zero-order valence-electron chi connectivity index (χ0n) is 11.7. The lowest BCUT2D eigenvalue weighted by Gasteiger charge is -2.29. The van der Waals surface area contributed by atoms with Gasteiger partial charge in [0.15, 0.2) is 0 Å². The smallest absolute Gasteiger partial charge is 0.313 e. The van der Waals surface area contributed by atoms with Gasteiger partial charge in [-0.2, -0.15) is 0 Å². The summed E-state index contributed by atoms with van der Waals surface area (Å²) >= 11 is 0. The van der Waals surface area contributed by atoms with Crippen molar-refractivity contribution in [3.8, 4) is 0 Å². The van der Waals surface area contributed by atoms with Gasteiger partial charge in [-0.3, -0.25) is 4.79 Å². The van der Waals surface area contributed by atoms with Gasteiger partial charge in [-0.05, 0) is 18.9 Å². The Morgan fingerprint density at radius 3 is 2.56 bits per heavy atom. The van der Waals surface area contributed by atoms with Crippen LogP contribution < -0.4 is 5.32 Å². The number of carbonyl (C=O) groups excluding carboxylic acids is 1. The Balaban J connectivity index is 2.26. The number of carbonyl (C=O) groups is 1. The Morgan fingerprint density at radius 2 is 2.00 bits per heavy atom. The third-order valence-electron chi connectivity index (χ3n) is 3.59. The van der Waals surface area contributed by atoms with Crippen molar-refractivity contribution in [2.75, 3.05) is 46.6 Å². The second kappa shape index (κ2) is 7.71. The summed E-state index contributed by atoms with van der Waals surface area (Å²) in [6.45, 7) is 7.59. The van der Waals surface area contributed by atoms with Gasteiger partial charge >= 0.3 is 5.97 Å². The summed E-state index contributed by atoms with van der Waals surface area (Å²) in [6, 6.07) is 0. The van der Waals surface area contributed by atoms with Gasteiger partial charge in [0.2, 0.25) is 0 Å². The molecule has 1 saturated heterocycles. The Bertz CT molecular complexity index is 249. The fourth-order valence-electron chi connectivity index (χ4n) is 2.20. The molecular weight excluding hydrogens is 234 g/mol. The molecule has 0 aliphatic carbocycles. The van der Waals surface area contributed by atoms with E-state index in [0.717, 1.165) is 13.0 Å². The minimum Gasteiger partial charge on any atom is -0.463 e. The number of hydrogen-bond acceptors (Lipinski definition) is 5. The SMILES string of the molecule is COCCOCCOC(=O)C1(C(C)C)CCNC1. The normalized spacial score (nSPS) is 23.6. The highest BCUT2D eigenvalue weighted by Gasteiger charge is 2.45. The van der Waals surface area contributed by atoms with Crippen molar-refractivity contribution in [1.82, 2.24) is 5.32 Å². The molecule has 0 bridgehead atoms. The molecule has 0 aromatic carbocycles. The molecule has 0 aromatic rings. The number of methoxy groups -OCH3 is 1. The van der Waals surface area contributed by atoms with Gasteiger partial charge in [-0.15, -0.1) is 0 Å². The topological polar surface area (TPSA) is 56.8 Å². The molecule has 1 heterocycles. The molecule has 0 amide bonds. The molecular formula is C13H25NO4. The molecule has 1 atom stereocenters. The van der Waals surface area contributed by atoms with E-state index in [1.54, 1.807) is 7.11 Å². The maximum Gasteiger partial charge on any atom is 0.313 e. The summed E-state index contributed by atoms with van der Waals surface area (Å²) in [5, 5.41) is 3.25. The highest BCUT2D eigenvalue weighted by molar-refractivity contribution is 5.78. The van der Waals surface area contributed by atoms with Crippen LogP contribution in [0.5, 0.6) is 0 Å². The highest BCUT2D eigenvalue weighted by Crippen LogP contribution is 2.35. The first-order chi connectivity index (χ1) is 8.63. The lowest BCUT2D eigenvalue weighted by atomic mass is 9.76. The van der Waals surface area contributed by atoms with Crippen molar-refractivity contribution in [3.05, 3.63) is 0 Å². The van der Waals surface area contributed by atoms with E-state index >= 15 is 0 Å². The van der Waals surface area contributed by atoms with Crippen LogP contribution in [-0.4, -0.2) is 52.6 Å². The molecule has 0 saturated carbocycles. The molecule has 18 heavy (non-hydrogen) atoms. The number of ether oxygens (including phenoxy) is 3. The first-order valence-corrected chi connectivity index (χ1v) is 6.58. The minimum absolute atomic E-state index is 0.0992. The largest absolute Gasteiger partial charge is 0.463 e. The summed E-state index contributed by atoms with van der Waals surface area (Å²) in [5.41, 5.74) is -0.355. The van der Waals surface area contributed by atoms with Crippen molar-refractivity contribution in [3.63, 3.8) is 0 Å². The van der Waals surface area contributed by atoms with Gasteiger partial charge in [0.05, 0.1) is 25.2 Å². The number of nitrogens with one attached hydrogen (secondary N) is 1. The zero-order valence-corrected chi connectivity index (χ0v) is 11.7. The van der Waals surface area contributed by atoms with Crippen molar-refractivity contribution in [1.29, 1.82) is 0 Å². The van der Waals surface area contributed by atoms with E-state index in [-0.39, 0.29) is 17.3 Å². The standard InChI is InChI=1S/C13H25NO4/c1-11(2)13(4-5-14-10-13)12(15)18-9-8-17-7-6-16-3/h11,14H,4-10H2,1-3H3. The second-order valence-electron chi connectivity index (χ2n) is 4.98. The monoisotopic (exact) mass is 259 g/mol. The van der Waals surface area contributed by atoms with Crippen LogP contribution in [0.4, 0.5) is 0 Å². The lowest BCUT2D eigenvalue weighted by molar-refractivity contribution is -0.159. The molecule has 1 fully saturated rings. The Morgan fingerprint density at radius 1 is 1.28 bits per heavy atom. The Kier molecular flexibility index (Phi) is 6.60. The molecule has 1 unspecified atom stereocenters. The third kappa shape index (κ3) is 3.93. The predicted molar refractivity (Wildman–Crippen MR) is 68.4 cm³/mol. The van der Waals surface area contributed by atoms with E-state index in [4.69, 9.17) is 14.2 Å². The maximum atomic E-state index is 12.2. The van der Waals surface area contributed by atoms with Crippen molar-refractivity contribution in [2.45, 2.75) is 20.3 Å². The van der Waals surface area contributed by atoms with Crippen molar-refractivity contribution >= 4 is 5.97 Å². The summed E-state index contributed by atoms with van der Waals surface area (Å²) in [7, 11) is 1.63. The molecule has 106 valence electrons. The maximum absolute atomic E-state index is 12.2. The van der Waals surface area contributed by atoms with E-state index in [1.165, 1.54) is 0 Å². The fourth-order valence-corrected chi connectivity index (χ4v) is 2.20. The van der Waals surface area contributed by atoms with Crippen LogP contribution >= 0.6 is 0 Å². The van der Waals surface area contributed by atoms with E-state index in [9.17, 15) is 4.79 Å². The summed E-state index contributed by atoms with van der Waals surface area (Å²) in [6.07, 6.45) is 0.855. The van der Waals surface area contributed by atoms with E-state index in [1.807, 2.05) is 0 Å². The average molecular weight is 259 g/mol. The van der Waals surface area contributed by atoms with Crippen LogP contribution in [0.25, 0.3) is 0 Å². The summed E-state index contributed by atoms with van der Waals surface area (Å²) < 4.78 is 15.4. The first-order valence-electron chi connectivity index (χ1n) is 6.58. The molecule has 1 N–H and O–H groups in total. The second-order valence-corrected chi connectivity index (χ2v) is 4.98. The molecule has 0 spiro atoms. The molecule has 0 radical (unpaired) electrons. The van der Waals surface area contributed by atoms with E-state index < -0.39 is 0 Å². The van der Waals surface area contributed by atoms with Crippen molar-refractivity contribution in [2.24, 2.45) is 11.3 Å². The fraction of sp³-hybridized carbons (Fsp3) is 0.923. The highest BCUT2D eigenvalue weighted by atomic mass is 16.6. The predicted octanol–water partition coefficient (Wildman–Crippen LogP) is 0.828. The molecule has 1 aliphatic heterocycles. The molecule has 5 heteroatoms. The number of rotatable bonds is 8. The van der Waals surface area contributed by atoms with Crippen LogP contribution in [0.3, 0.4) is 0 Å². The van der Waals surface area contributed by atoms with Crippen LogP contribution in [0.15, 0.2) is 0 Å².